The minimum absolute atomic E-state index is 0.00615. The number of nitrogens with zero attached hydrogens (tertiary/aromatic N) is 1. The first-order chi connectivity index (χ1) is 17.2. The van der Waals surface area contributed by atoms with Gasteiger partial charge in [-0.2, -0.15) is 0 Å². The van der Waals surface area contributed by atoms with Crippen molar-refractivity contribution in [3.05, 3.63) is 99.6 Å². The van der Waals surface area contributed by atoms with Crippen LogP contribution in [0.5, 0.6) is 11.5 Å². The van der Waals surface area contributed by atoms with Gasteiger partial charge in [-0.15, -0.1) is 0 Å². The van der Waals surface area contributed by atoms with Gasteiger partial charge in [0.1, 0.15) is 17.3 Å². The largest absolute Gasteiger partial charge is 0.507 e. The lowest BCUT2D eigenvalue weighted by atomic mass is 9.94. The summed E-state index contributed by atoms with van der Waals surface area (Å²) in [4.78, 5) is 28.1. The lowest BCUT2D eigenvalue weighted by molar-refractivity contribution is -0.140. The number of hydrogen-bond donors (Lipinski definition) is 1. The summed E-state index contributed by atoms with van der Waals surface area (Å²) < 4.78 is 11.3. The van der Waals surface area contributed by atoms with Gasteiger partial charge in [0.2, 0.25) is 0 Å². The molecule has 1 fully saturated rings. The van der Waals surface area contributed by atoms with Crippen LogP contribution in [0.1, 0.15) is 42.1 Å². The van der Waals surface area contributed by atoms with Crippen LogP contribution in [0.15, 0.2) is 72.3 Å². The van der Waals surface area contributed by atoms with Gasteiger partial charge in [-0.05, 0) is 68.3 Å². The molecule has 1 N–H and O–H groups in total. The molecule has 1 saturated heterocycles. The van der Waals surface area contributed by atoms with Crippen LogP contribution in [0.4, 0.5) is 0 Å². The Kier molecular flexibility index (Phi) is 7.36. The second-order valence-electron chi connectivity index (χ2n) is 8.94. The number of ether oxygens (including phenoxy) is 2. The lowest BCUT2D eigenvalue weighted by Gasteiger charge is -2.26. The normalized spacial score (nSPS) is 17.1. The maximum atomic E-state index is 13.3. The second kappa shape index (κ2) is 10.5. The molecule has 1 aliphatic heterocycles. The molecule has 3 aromatic rings. The Morgan fingerprint density at radius 1 is 1.03 bits per heavy atom. The van der Waals surface area contributed by atoms with Gasteiger partial charge in [0.05, 0.1) is 31.4 Å². The first kappa shape index (κ1) is 25.3. The van der Waals surface area contributed by atoms with E-state index in [1.165, 1.54) is 4.90 Å². The molecule has 4 rings (SSSR count). The van der Waals surface area contributed by atoms with Crippen molar-refractivity contribution in [1.29, 1.82) is 0 Å². The Hall–Kier alpha value is -3.77. The molecular weight excluding hydrogens is 478 g/mol. The van der Waals surface area contributed by atoms with Gasteiger partial charge < -0.3 is 19.5 Å². The summed E-state index contributed by atoms with van der Waals surface area (Å²) in [6.45, 7) is 5.86. The molecule has 7 heteroatoms. The first-order valence-corrected chi connectivity index (χ1v) is 12.0. The number of likely N-dealkylation sites (tertiary alicyclic amines) is 1. The molecule has 1 amide bonds. The minimum Gasteiger partial charge on any atom is -0.507 e. The van der Waals surface area contributed by atoms with E-state index in [0.29, 0.717) is 27.6 Å². The van der Waals surface area contributed by atoms with E-state index in [-0.39, 0.29) is 24.0 Å². The molecule has 0 saturated carbocycles. The predicted octanol–water partition coefficient (Wildman–Crippen LogP) is 6.07. The molecule has 1 unspecified atom stereocenters. The SMILES string of the molecule is COc1ccccc1CN1C(=O)C(=O)/C(=C(\O)c2ccc(OC(C)C)c(C)c2)C1c1ccc(Cl)cc1. The van der Waals surface area contributed by atoms with E-state index in [1.54, 1.807) is 55.6 Å². The number of para-hydroxylation sites is 1. The summed E-state index contributed by atoms with van der Waals surface area (Å²) in [5.74, 6) is -0.394. The third-order valence-corrected chi connectivity index (χ3v) is 6.32. The molecule has 186 valence electrons. The maximum absolute atomic E-state index is 13.3. The van der Waals surface area contributed by atoms with Gasteiger partial charge in [-0.1, -0.05) is 41.9 Å². The number of methoxy groups -OCH3 is 1. The Labute approximate surface area is 215 Å². The minimum atomic E-state index is -0.806. The summed E-state index contributed by atoms with van der Waals surface area (Å²) in [5.41, 5.74) is 2.66. The lowest BCUT2D eigenvalue weighted by Crippen LogP contribution is -2.29. The van der Waals surface area contributed by atoms with E-state index in [9.17, 15) is 14.7 Å². The van der Waals surface area contributed by atoms with Crippen LogP contribution in [-0.2, 0) is 16.1 Å². The summed E-state index contributed by atoms with van der Waals surface area (Å²) in [6.07, 6.45) is -0.00615. The molecule has 0 spiro atoms. The quantitative estimate of drug-likeness (QED) is 0.240. The van der Waals surface area contributed by atoms with Crippen LogP contribution in [0.2, 0.25) is 5.02 Å². The summed E-state index contributed by atoms with van der Waals surface area (Å²) in [5, 5.41) is 11.9. The van der Waals surface area contributed by atoms with E-state index in [0.717, 1.165) is 11.1 Å². The molecule has 0 aromatic heterocycles. The van der Waals surface area contributed by atoms with Crippen LogP contribution in [0.25, 0.3) is 5.76 Å². The fraction of sp³-hybridized carbons (Fsp3) is 0.241. The molecule has 6 nitrogen and oxygen atoms in total. The highest BCUT2D eigenvalue weighted by atomic mass is 35.5. The van der Waals surface area contributed by atoms with Gasteiger partial charge in [0.15, 0.2) is 0 Å². The van der Waals surface area contributed by atoms with Gasteiger partial charge >= 0.3 is 0 Å². The average molecular weight is 506 g/mol. The summed E-state index contributed by atoms with van der Waals surface area (Å²) >= 11 is 6.11. The van der Waals surface area contributed by atoms with Crippen LogP contribution >= 0.6 is 11.6 Å². The standard InChI is InChI=1S/C29H28ClNO5/c1-17(2)36-23-14-11-20(15-18(23)3)27(32)25-26(19-9-12-22(30)13-10-19)31(29(34)28(25)33)16-21-7-5-6-8-24(21)35-4/h5-15,17,26,32H,16H2,1-4H3/b27-25-. The number of Topliss-reactive ketones (excluding diaryl/α,β-unsaturated/α-hetero) is 1. The Morgan fingerprint density at radius 3 is 2.36 bits per heavy atom. The van der Waals surface area contributed by atoms with Crippen molar-refractivity contribution in [3.8, 4) is 11.5 Å². The Balaban J connectivity index is 1.84. The first-order valence-electron chi connectivity index (χ1n) is 11.6. The van der Waals surface area contributed by atoms with Gasteiger partial charge in [-0.25, -0.2) is 0 Å². The molecular formula is C29H28ClNO5. The van der Waals surface area contributed by atoms with Gasteiger partial charge in [-0.3, -0.25) is 9.59 Å². The Morgan fingerprint density at radius 2 is 1.72 bits per heavy atom. The van der Waals surface area contributed by atoms with Gasteiger partial charge in [0.25, 0.3) is 11.7 Å². The van der Waals surface area contributed by atoms with E-state index in [4.69, 9.17) is 21.1 Å². The number of aliphatic hydroxyl groups excluding tert-OH is 1. The molecule has 36 heavy (non-hydrogen) atoms. The number of halogens is 1. The van der Waals surface area contributed by atoms with Crippen molar-refractivity contribution in [2.75, 3.05) is 7.11 Å². The zero-order chi connectivity index (χ0) is 26.0. The molecule has 3 aromatic carbocycles. The molecule has 0 aliphatic carbocycles. The van der Waals surface area contributed by atoms with E-state index >= 15 is 0 Å². The van der Waals surface area contributed by atoms with Crippen molar-refractivity contribution < 1.29 is 24.2 Å². The third kappa shape index (κ3) is 4.95. The number of carbonyl (C=O) groups is 2. The van der Waals surface area contributed by atoms with Crippen LogP contribution in [0.3, 0.4) is 0 Å². The number of carbonyl (C=O) groups excluding carboxylic acids is 2. The number of rotatable bonds is 7. The van der Waals surface area contributed by atoms with Crippen LogP contribution in [-0.4, -0.2) is 34.9 Å². The van der Waals surface area contributed by atoms with Crippen LogP contribution in [0, 0.1) is 6.92 Å². The molecule has 1 atom stereocenters. The smallest absolute Gasteiger partial charge is 0.295 e. The second-order valence-corrected chi connectivity index (χ2v) is 9.37. The fourth-order valence-corrected chi connectivity index (χ4v) is 4.52. The average Bonchev–Trinajstić information content (AvgIpc) is 3.10. The molecule has 1 heterocycles. The van der Waals surface area contributed by atoms with Gasteiger partial charge in [0, 0.05) is 16.1 Å². The summed E-state index contributed by atoms with van der Waals surface area (Å²) in [6, 6.07) is 18.6. The number of benzene rings is 3. The van der Waals surface area contributed by atoms with E-state index in [1.807, 2.05) is 39.0 Å². The number of aliphatic hydroxyl groups is 1. The van der Waals surface area contributed by atoms with Crippen molar-refractivity contribution in [3.63, 3.8) is 0 Å². The zero-order valence-corrected chi connectivity index (χ0v) is 21.4. The summed E-state index contributed by atoms with van der Waals surface area (Å²) in [7, 11) is 1.55. The topological polar surface area (TPSA) is 76.1 Å². The molecule has 0 radical (unpaired) electrons. The highest BCUT2D eigenvalue weighted by Crippen LogP contribution is 2.41. The monoisotopic (exact) mass is 505 g/mol. The highest BCUT2D eigenvalue weighted by Gasteiger charge is 2.46. The van der Waals surface area contributed by atoms with E-state index in [2.05, 4.69) is 0 Å². The number of amides is 1. The van der Waals surface area contributed by atoms with Crippen molar-refractivity contribution in [2.24, 2.45) is 0 Å². The number of aryl methyl sites for hydroxylation is 1. The maximum Gasteiger partial charge on any atom is 0.295 e. The van der Waals surface area contributed by atoms with Crippen molar-refractivity contribution in [1.82, 2.24) is 4.90 Å². The predicted molar refractivity (Wildman–Crippen MR) is 139 cm³/mol. The Bertz CT molecular complexity index is 1330. The fourth-order valence-electron chi connectivity index (χ4n) is 4.39. The molecule has 0 bridgehead atoms. The highest BCUT2D eigenvalue weighted by molar-refractivity contribution is 6.46. The zero-order valence-electron chi connectivity index (χ0n) is 20.6. The van der Waals surface area contributed by atoms with Crippen LogP contribution < -0.4 is 9.47 Å². The number of ketones is 1. The van der Waals surface area contributed by atoms with Crippen molar-refractivity contribution >= 4 is 29.1 Å². The number of hydrogen-bond acceptors (Lipinski definition) is 5. The third-order valence-electron chi connectivity index (χ3n) is 6.07. The van der Waals surface area contributed by atoms with Crippen molar-refractivity contribution in [2.45, 2.75) is 39.5 Å². The molecule has 1 aliphatic rings. The van der Waals surface area contributed by atoms with E-state index < -0.39 is 17.7 Å².